The van der Waals surface area contributed by atoms with Crippen molar-refractivity contribution in [3.63, 3.8) is 0 Å². The van der Waals surface area contributed by atoms with E-state index in [2.05, 4.69) is 40.6 Å². The van der Waals surface area contributed by atoms with E-state index < -0.39 is 23.8 Å². The number of benzene rings is 1. The Kier molecular flexibility index (Phi) is 4.52. The number of aryl methyl sites for hydroxylation is 4. The first-order chi connectivity index (χ1) is 13.8. The number of fused-ring (bicyclic) bond motifs is 3. The number of imidazole rings is 1. The number of aromatic nitrogens is 4. The lowest BCUT2D eigenvalue weighted by molar-refractivity contribution is -0.141. The van der Waals surface area contributed by atoms with E-state index in [9.17, 15) is 14.4 Å². The van der Waals surface area contributed by atoms with Gasteiger partial charge in [0.1, 0.15) is 6.54 Å². The van der Waals surface area contributed by atoms with Crippen molar-refractivity contribution in [1.82, 2.24) is 18.7 Å². The summed E-state index contributed by atoms with van der Waals surface area (Å²) in [5.41, 5.74) is 2.86. The second kappa shape index (κ2) is 6.91. The highest BCUT2D eigenvalue weighted by Crippen LogP contribution is 2.31. The molecule has 0 saturated carbocycles. The van der Waals surface area contributed by atoms with Crippen LogP contribution >= 0.6 is 0 Å². The van der Waals surface area contributed by atoms with Crippen LogP contribution in [0.25, 0.3) is 11.2 Å². The van der Waals surface area contributed by atoms with Gasteiger partial charge in [-0.3, -0.25) is 14.2 Å². The first-order valence-electron chi connectivity index (χ1n) is 9.45. The number of ether oxygens (including phenoxy) is 1. The van der Waals surface area contributed by atoms with Crippen molar-refractivity contribution in [3.8, 4) is 0 Å². The van der Waals surface area contributed by atoms with Crippen LogP contribution in [0.2, 0.25) is 0 Å². The lowest BCUT2D eigenvalue weighted by atomic mass is 10.1. The Bertz CT molecular complexity index is 1250. The fraction of sp³-hybridized carbons (Fsp3) is 0.400. The Morgan fingerprint density at radius 3 is 2.62 bits per heavy atom. The smallest absolute Gasteiger partial charge is 0.333 e. The standard InChI is InChI=1S/C20H23N5O4/c1-12-6-7-14(10-13(12)2)23-8-5-9-24-16-17(21-19(23)24)22(3)20(28)25(18(16)27)11-15(26)29-4/h6-7,10H,5,8-9,11H2,1-4H3. The maximum absolute atomic E-state index is 13.1. The van der Waals surface area contributed by atoms with Gasteiger partial charge in [0.2, 0.25) is 5.95 Å². The molecule has 0 N–H and O–H groups in total. The zero-order valence-electron chi connectivity index (χ0n) is 16.9. The normalized spacial score (nSPS) is 13.6. The van der Waals surface area contributed by atoms with E-state index in [-0.39, 0.29) is 0 Å². The molecule has 3 heterocycles. The van der Waals surface area contributed by atoms with Gasteiger partial charge >= 0.3 is 11.7 Å². The molecule has 0 radical (unpaired) electrons. The zero-order valence-corrected chi connectivity index (χ0v) is 16.9. The number of hydrogen-bond donors (Lipinski definition) is 0. The number of nitrogens with zero attached hydrogens (tertiary/aromatic N) is 5. The lowest BCUT2D eigenvalue weighted by Gasteiger charge is -2.29. The van der Waals surface area contributed by atoms with E-state index >= 15 is 0 Å². The molecule has 4 rings (SSSR count). The van der Waals surface area contributed by atoms with Crippen molar-refractivity contribution in [3.05, 3.63) is 50.2 Å². The van der Waals surface area contributed by atoms with Crippen LogP contribution in [-0.2, 0) is 29.7 Å². The second-order valence-corrected chi connectivity index (χ2v) is 7.32. The van der Waals surface area contributed by atoms with Crippen molar-refractivity contribution in [2.24, 2.45) is 7.05 Å². The molecular formula is C20H23N5O4. The van der Waals surface area contributed by atoms with Crippen molar-refractivity contribution >= 4 is 28.8 Å². The summed E-state index contributed by atoms with van der Waals surface area (Å²) in [4.78, 5) is 44.2. The van der Waals surface area contributed by atoms with Gasteiger partial charge < -0.3 is 14.2 Å². The van der Waals surface area contributed by atoms with E-state index in [1.54, 1.807) is 7.05 Å². The Hall–Kier alpha value is -3.36. The molecule has 1 aliphatic heterocycles. The predicted octanol–water partition coefficient (Wildman–Crippen LogP) is 1.23. The van der Waals surface area contributed by atoms with Crippen molar-refractivity contribution in [2.45, 2.75) is 33.4 Å². The average Bonchev–Trinajstić information content (AvgIpc) is 3.11. The fourth-order valence-corrected chi connectivity index (χ4v) is 3.74. The first-order valence-corrected chi connectivity index (χ1v) is 9.45. The summed E-state index contributed by atoms with van der Waals surface area (Å²) < 4.78 is 8.68. The third-order valence-corrected chi connectivity index (χ3v) is 5.53. The van der Waals surface area contributed by atoms with E-state index in [1.807, 2.05) is 10.6 Å². The Balaban J connectivity index is 1.95. The number of anilines is 2. The molecule has 0 bridgehead atoms. The number of carbonyl (C=O) groups excluding carboxylic acids is 1. The number of hydrogen-bond acceptors (Lipinski definition) is 6. The maximum atomic E-state index is 13.1. The van der Waals surface area contributed by atoms with Gasteiger partial charge in [0.05, 0.1) is 7.11 Å². The summed E-state index contributed by atoms with van der Waals surface area (Å²) in [6.07, 6.45) is 0.824. The molecule has 3 aromatic rings. The number of methoxy groups -OCH3 is 1. The molecule has 152 valence electrons. The molecule has 9 heteroatoms. The summed E-state index contributed by atoms with van der Waals surface area (Å²) in [7, 11) is 2.77. The van der Waals surface area contributed by atoms with Crippen LogP contribution in [0, 0.1) is 13.8 Å². The van der Waals surface area contributed by atoms with E-state index in [1.165, 1.54) is 22.8 Å². The molecule has 0 fully saturated rings. The molecule has 9 nitrogen and oxygen atoms in total. The average molecular weight is 397 g/mol. The van der Waals surface area contributed by atoms with Crippen LogP contribution in [0.3, 0.4) is 0 Å². The molecule has 0 unspecified atom stereocenters. The van der Waals surface area contributed by atoms with Crippen LogP contribution in [-0.4, -0.2) is 38.3 Å². The Labute approximate surface area is 166 Å². The molecule has 0 spiro atoms. The molecule has 0 aliphatic carbocycles. The minimum absolute atomic E-state index is 0.312. The van der Waals surface area contributed by atoms with Gasteiger partial charge in [-0.15, -0.1) is 0 Å². The van der Waals surface area contributed by atoms with Gasteiger partial charge in [0.25, 0.3) is 5.56 Å². The number of rotatable bonds is 3. The quantitative estimate of drug-likeness (QED) is 0.618. The van der Waals surface area contributed by atoms with E-state index in [0.29, 0.717) is 23.7 Å². The van der Waals surface area contributed by atoms with Gasteiger partial charge in [0, 0.05) is 25.8 Å². The molecule has 0 atom stereocenters. The predicted molar refractivity (Wildman–Crippen MR) is 109 cm³/mol. The van der Waals surface area contributed by atoms with Gasteiger partial charge in [-0.25, -0.2) is 9.36 Å². The third kappa shape index (κ3) is 2.93. The van der Waals surface area contributed by atoms with E-state index in [4.69, 9.17) is 0 Å². The van der Waals surface area contributed by atoms with Crippen molar-refractivity contribution < 1.29 is 9.53 Å². The number of esters is 1. The van der Waals surface area contributed by atoms with Gasteiger partial charge in [-0.05, 0) is 43.5 Å². The summed E-state index contributed by atoms with van der Waals surface area (Å²) in [5.74, 6) is -0.0314. The monoisotopic (exact) mass is 397 g/mol. The van der Waals surface area contributed by atoms with Gasteiger partial charge in [0.15, 0.2) is 11.2 Å². The van der Waals surface area contributed by atoms with Gasteiger partial charge in [-0.1, -0.05) is 6.07 Å². The highest BCUT2D eigenvalue weighted by molar-refractivity contribution is 5.77. The lowest BCUT2D eigenvalue weighted by Crippen LogP contribution is -2.41. The molecule has 29 heavy (non-hydrogen) atoms. The topological polar surface area (TPSA) is 91.4 Å². The molecule has 0 amide bonds. The Morgan fingerprint density at radius 2 is 1.93 bits per heavy atom. The SMILES string of the molecule is COC(=O)Cn1c(=O)c2c(nc3n2CCCN3c2ccc(C)c(C)c2)n(C)c1=O. The van der Waals surface area contributed by atoms with Crippen molar-refractivity contribution in [2.75, 3.05) is 18.6 Å². The Morgan fingerprint density at radius 1 is 1.17 bits per heavy atom. The maximum Gasteiger partial charge on any atom is 0.333 e. The summed E-state index contributed by atoms with van der Waals surface area (Å²) in [5, 5.41) is 0. The molecule has 2 aromatic heterocycles. The van der Waals surface area contributed by atoms with Crippen molar-refractivity contribution in [1.29, 1.82) is 0 Å². The zero-order chi connectivity index (χ0) is 20.9. The summed E-state index contributed by atoms with van der Waals surface area (Å²) in [6, 6.07) is 6.19. The molecule has 1 aliphatic rings. The van der Waals surface area contributed by atoms with Crippen LogP contribution in [0.1, 0.15) is 17.5 Å². The molecular weight excluding hydrogens is 374 g/mol. The van der Waals surface area contributed by atoms with E-state index in [0.717, 1.165) is 23.2 Å². The largest absolute Gasteiger partial charge is 0.468 e. The van der Waals surface area contributed by atoms with Crippen LogP contribution in [0.4, 0.5) is 11.6 Å². The second-order valence-electron chi connectivity index (χ2n) is 7.32. The molecule has 0 saturated heterocycles. The fourth-order valence-electron chi connectivity index (χ4n) is 3.74. The number of carbonyl (C=O) groups is 1. The third-order valence-electron chi connectivity index (χ3n) is 5.53. The minimum Gasteiger partial charge on any atom is -0.468 e. The summed E-state index contributed by atoms with van der Waals surface area (Å²) in [6.45, 7) is 5.05. The first kappa shape index (κ1) is 19.0. The summed E-state index contributed by atoms with van der Waals surface area (Å²) >= 11 is 0. The van der Waals surface area contributed by atoms with Gasteiger partial charge in [-0.2, -0.15) is 4.98 Å². The highest BCUT2D eigenvalue weighted by atomic mass is 16.5. The molecule has 1 aromatic carbocycles. The van der Waals surface area contributed by atoms with Crippen LogP contribution < -0.4 is 16.1 Å². The minimum atomic E-state index is -0.654. The van der Waals surface area contributed by atoms with Crippen LogP contribution in [0.5, 0.6) is 0 Å². The van der Waals surface area contributed by atoms with Crippen LogP contribution in [0.15, 0.2) is 27.8 Å². The highest BCUT2D eigenvalue weighted by Gasteiger charge is 2.27.